The molecule has 0 fully saturated rings. The van der Waals surface area contributed by atoms with E-state index in [1.807, 2.05) is 23.7 Å². The smallest absolute Gasteiger partial charge is 0.0989 e. The molecule has 3 nitrogen and oxygen atoms in total. The van der Waals surface area contributed by atoms with Gasteiger partial charge in [-0.3, -0.25) is 4.90 Å². The first-order valence-electron chi connectivity index (χ1n) is 6.76. The van der Waals surface area contributed by atoms with Crippen LogP contribution in [0, 0.1) is 12.8 Å². The molecule has 0 radical (unpaired) electrons. The molecule has 1 N–H and O–H groups in total. The fourth-order valence-corrected chi connectivity index (χ4v) is 3.85. The molecule has 0 unspecified atom stereocenters. The lowest BCUT2D eigenvalue weighted by molar-refractivity contribution is 0.245. The Morgan fingerprint density at radius 2 is 2.32 bits per heavy atom. The molecule has 0 spiro atoms. The van der Waals surface area contributed by atoms with Gasteiger partial charge < -0.3 is 9.73 Å². The van der Waals surface area contributed by atoms with E-state index in [2.05, 4.69) is 31.0 Å². The van der Waals surface area contributed by atoms with E-state index in [9.17, 15) is 0 Å². The third-order valence-corrected chi connectivity index (χ3v) is 4.86. The van der Waals surface area contributed by atoms with Crippen molar-refractivity contribution < 1.29 is 4.42 Å². The van der Waals surface area contributed by atoms with Crippen molar-refractivity contribution in [3.05, 3.63) is 29.7 Å². The molecule has 0 atom stereocenters. The van der Waals surface area contributed by atoms with Crippen LogP contribution < -0.4 is 5.32 Å². The van der Waals surface area contributed by atoms with Crippen molar-refractivity contribution in [3.63, 3.8) is 0 Å². The van der Waals surface area contributed by atoms with Crippen LogP contribution in [0.2, 0.25) is 0 Å². The molecule has 102 valence electrons. The number of fused-ring (bicyclic) bond motifs is 1. The number of nitrogens with zero attached hydrogens (tertiary/aromatic N) is 1. The van der Waals surface area contributed by atoms with Crippen molar-refractivity contribution in [2.24, 2.45) is 5.92 Å². The largest absolute Gasteiger partial charge is 0.472 e. The van der Waals surface area contributed by atoms with E-state index in [0.717, 1.165) is 19.8 Å². The van der Waals surface area contributed by atoms with Gasteiger partial charge in [-0.05, 0) is 24.5 Å². The van der Waals surface area contributed by atoms with Crippen LogP contribution in [0.25, 0.3) is 10.4 Å². The van der Waals surface area contributed by atoms with Crippen molar-refractivity contribution in [1.29, 1.82) is 0 Å². The predicted molar refractivity (Wildman–Crippen MR) is 80.5 cm³/mol. The van der Waals surface area contributed by atoms with Crippen LogP contribution >= 0.6 is 11.3 Å². The first-order valence-corrected chi connectivity index (χ1v) is 7.58. The van der Waals surface area contributed by atoms with Crippen molar-refractivity contribution in [3.8, 4) is 10.4 Å². The van der Waals surface area contributed by atoms with Crippen LogP contribution in [-0.4, -0.2) is 18.1 Å². The molecule has 2 aromatic heterocycles. The number of anilines is 1. The van der Waals surface area contributed by atoms with Gasteiger partial charge in [-0.25, -0.2) is 0 Å². The Kier molecular flexibility index (Phi) is 3.37. The van der Waals surface area contributed by atoms with Gasteiger partial charge in [0.05, 0.1) is 24.2 Å². The van der Waals surface area contributed by atoms with Crippen LogP contribution in [0.5, 0.6) is 0 Å². The summed E-state index contributed by atoms with van der Waals surface area (Å²) in [6.07, 6.45) is 3.57. The van der Waals surface area contributed by atoms with Crippen LogP contribution in [-0.2, 0) is 6.54 Å². The molecule has 1 aliphatic heterocycles. The molecule has 3 heterocycles. The monoisotopic (exact) mass is 276 g/mol. The van der Waals surface area contributed by atoms with Crippen LogP contribution in [0.1, 0.15) is 25.0 Å². The number of nitrogens with one attached hydrogen (secondary N) is 1. The van der Waals surface area contributed by atoms with Crippen LogP contribution in [0.4, 0.5) is 5.00 Å². The highest BCUT2D eigenvalue weighted by Crippen LogP contribution is 2.42. The van der Waals surface area contributed by atoms with Gasteiger partial charge in [0.15, 0.2) is 0 Å². The Balaban J connectivity index is 1.89. The fourth-order valence-electron chi connectivity index (χ4n) is 2.66. The zero-order valence-electron chi connectivity index (χ0n) is 11.7. The predicted octanol–water partition coefficient (Wildman–Crippen LogP) is 4.16. The van der Waals surface area contributed by atoms with Crippen molar-refractivity contribution >= 4 is 16.3 Å². The summed E-state index contributed by atoms with van der Waals surface area (Å²) in [5.74, 6) is 0.704. The zero-order chi connectivity index (χ0) is 13.4. The van der Waals surface area contributed by atoms with E-state index in [0.29, 0.717) is 5.92 Å². The Morgan fingerprint density at radius 1 is 1.47 bits per heavy atom. The summed E-state index contributed by atoms with van der Waals surface area (Å²) < 4.78 is 5.21. The molecular formula is C15H20N2OS. The Labute approximate surface area is 118 Å². The Hall–Kier alpha value is -1.26. The molecular weight excluding hydrogens is 256 g/mol. The fraction of sp³-hybridized carbons (Fsp3) is 0.467. The lowest BCUT2D eigenvalue weighted by atomic mass is 10.1. The molecule has 0 saturated heterocycles. The Bertz CT molecular complexity index is 557. The lowest BCUT2D eigenvalue weighted by Crippen LogP contribution is -2.35. The molecule has 4 heteroatoms. The molecule has 2 aromatic rings. The van der Waals surface area contributed by atoms with Gasteiger partial charge in [0.1, 0.15) is 0 Å². The topological polar surface area (TPSA) is 28.4 Å². The average molecular weight is 276 g/mol. The standard InChI is InChI=1S/C15H20N2OS/c1-10(2)6-17-7-13-11(3)14(12-4-5-18-8-12)19-15(13)16-9-17/h4-5,8,10,16H,6-7,9H2,1-3H3. The van der Waals surface area contributed by atoms with Gasteiger partial charge in [0.25, 0.3) is 0 Å². The number of hydrogen-bond donors (Lipinski definition) is 1. The molecule has 3 rings (SSSR count). The summed E-state index contributed by atoms with van der Waals surface area (Å²) in [4.78, 5) is 3.81. The van der Waals surface area contributed by atoms with E-state index >= 15 is 0 Å². The van der Waals surface area contributed by atoms with E-state index in [-0.39, 0.29) is 0 Å². The van der Waals surface area contributed by atoms with Gasteiger partial charge in [-0.1, -0.05) is 13.8 Å². The summed E-state index contributed by atoms with van der Waals surface area (Å²) in [6, 6.07) is 2.04. The first-order chi connectivity index (χ1) is 9.15. The SMILES string of the molecule is Cc1c(-c2ccoc2)sc2c1CN(CC(C)C)CN2. The molecule has 1 aliphatic rings. The second kappa shape index (κ2) is 5.02. The molecule has 0 bridgehead atoms. The zero-order valence-corrected chi connectivity index (χ0v) is 12.5. The van der Waals surface area contributed by atoms with Gasteiger partial charge in [0.2, 0.25) is 0 Å². The molecule has 0 aliphatic carbocycles. The summed E-state index contributed by atoms with van der Waals surface area (Å²) in [5.41, 5.74) is 4.03. The van der Waals surface area contributed by atoms with Gasteiger partial charge in [0, 0.05) is 29.1 Å². The summed E-state index contributed by atoms with van der Waals surface area (Å²) in [7, 11) is 0. The van der Waals surface area contributed by atoms with Crippen molar-refractivity contribution in [2.45, 2.75) is 27.3 Å². The van der Waals surface area contributed by atoms with Crippen LogP contribution in [0.3, 0.4) is 0 Å². The number of furan rings is 1. The number of hydrogen-bond acceptors (Lipinski definition) is 4. The average Bonchev–Trinajstić information content (AvgIpc) is 2.97. The van der Waals surface area contributed by atoms with Gasteiger partial charge in [-0.2, -0.15) is 0 Å². The molecule has 0 aromatic carbocycles. The Morgan fingerprint density at radius 3 is 3.00 bits per heavy atom. The minimum atomic E-state index is 0.704. The first kappa shape index (κ1) is 12.8. The highest BCUT2D eigenvalue weighted by atomic mass is 32.1. The maximum absolute atomic E-state index is 5.21. The normalized spacial score (nSPS) is 15.6. The second-order valence-electron chi connectivity index (χ2n) is 5.62. The summed E-state index contributed by atoms with van der Waals surface area (Å²) in [5, 5.41) is 4.88. The van der Waals surface area contributed by atoms with Crippen molar-refractivity contribution in [1.82, 2.24) is 4.90 Å². The highest BCUT2D eigenvalue weighted by Gasteiger charge is 2.23. The molecule has 0 amide bonds. The molecule has 19 heavy (non-hydrogen) atoms. The van der Waals surface area contributed by atoms with Crippen LogP contribution in [0.15, 0.2) is 23.0 Å². The minimum absolute atomic E-state index is 0.704. The quantitative estimate of drug-likeness (QED) is 0.912. The van der Waals surface area contributed by atoms with Gasteiger partial charge >= 0.3 is 0 Å². The van der Waals surface area contributed by atoms with E-state index in [1.165, 1.54) is 26.6 Å². The van der Waals surface area contributed by atoms with E-state index < -0.39 is 0 Å². The maximum atomic E-state index is 5.21. The van der Waals surface area contributed by atoms with Gasteiger partial charge in [-0.15, -0.1) is 11.3 Å². The van der Waals surface area contributed by atoms with Crippen molar-refractivity contribution in [2.75, 3.05) is 18.5 Å². The number of rotatable bonds is 3. The summed E-state index contributed by atoms with van der Waals surface area (Å²) >= 11 is 1.84. The second-order valence-corrected chi connectivity index (χ2v) is 6.64. The van der Waals surface area contributed by atoms with E-state index in [4.69, 9.17) is 4.42 Å². The summed E-state index contributed by atoms with van der Waals surface area (Å²) in [6.45, 7) is 9.91. The number of thiophene rings is 1. The molecule has 0 saturated carbocycles. The third kappa shape index (κ3) is 2.42. The highest BCUT2D eigenvalue weighted by molar-refractivity contribution is 7.19. The third-order valence-electron chi connectivity index (χ3n) is 3.52. The lowest BCUT2D eigenvalue weighted by Gasteiger charge is -2.29. The maximum Gasteiger partial charge on any atom is 0.0989 e. The minimum Gasteiger partial charge on any atom is -0.472 e. The van der Waals surface area contributed by atoms with E-state index in [1.54, 1.807) is 6.26 Å².